The number of nitrogens with one attached hydrogen (secondary N) is 1. The zero-order valence-electron chi connectivity index (χ0n) is 14.1. The topological polar surface area (TPSA) is 61.9 Å². The van der Waals surface area contributed by atoms with E-state index in [0.717, 1.165) is 52.0 Å². The van der Waals surface area contributed by atoms with Crippen LogP contribution in [-0.4, -0.2) is 68.2 Å². The number of urea groups is 1. The van der Waals surface area contributed by atoms with E-state index in [0.29, 0.717) is 29.2 Å². The number of hydrogen-bond donors (Lipinski definition) is 1. The third kappa shape index (κ3) is 2.61. The van der Waals surface area contributed by atoms with Gasteiger partial charge in [-0.3, -0.25) is 4.79 Å². The van der Waals surface area contributed by atoms with E-state index in [9.17, 15) is 9.59 Å². The van der Waals surface area contributed by atoms with Crippen molar-refractivity contribution in [1.29, 1.82) is 0 Å². The van der Waals surface area contributed by atoms with Crippen LogP contribution in [0.1, 0.15) is 25.7 Å². The highest BCUT2D eigenvalue weighted by Gasteiger charge is 2.59. The lowest BCUT2D eigenvalue weighted by Gasteiger charge is -2.52. The molecule has 128 valence electrons. The fourth-order valence-corrected chi connectivity index (χ4v) is 4.82. The van der Waals surface area contributed by atoms with Crippen LogP contribution in [0.5, 0.6) is 0 Å². The van der Waals surface area contributed by atoms with Gasteiger partial charge in [-0.1, -0.05) is 0 Å². The van der Waals surface area contributed by atoms with Crippen molar-refractivity contribution in [3.05, 3.63) is 0 Å². The van der Waals surface area contributed by atoms with Gasteiger partial charge in [0.05, 0.1) is 13.2 Å². The van der Waals surface area contributed by atoms with Gasteiger partial charge < -0.3 is 19.9 Å². The maximum absolute atomic E-state index is 12.6. The zero-order valence-corrected chi connectivity index (χ0v) is 14.1. The maximum Gasteiger partial charge on any atom is 0.317 e. The van der Waals surface area contributed by atoms with Gasteiger partial charge in [0.25, 0.3) is 0 Å². The smallest absolute Gasteiger partial charge is 0.317 e. The first-order valence-electron chi connectivity index (χ1n) is 8.83. The van der Waals surface area contributed by atoms with Gasteiger partial charge in [0.2, 0.25) is 5.91 Å². The van der Waals surface area contributed by atoms with Crippen molar-refractivity contribution in [2.75, 3.05) is 40.4 Å². The van der Waals surface area contributed by atoms with Gasteiger partial charge in [0.1, 0.15) is 0 Å². The van der Waals surface area contributed by atoms with E-state index in [1.807, 2.05) is 0 Å². The van der Waals surface area contributed by atoms with E-state index in [1.54, 1.807) is 19.0 Å². The number of hydrogen-bond acceptors (Lipinski definition) is 3. The summed E-state index contributed by atoms with van der Waals surface area (Å²) in [5, 5.41) is 3.07. The van der Waals surface area contributed by atoms with E-state index < -0.39 is 0 Å². The molecule has 3 amide bonds. The molecule has 4 aliphatic rings. The highest BCUT2D eigenvalue weighted by molar-refractivity contribution is 5.82. The molecule has 1 N–H and O–H groups in total. The fraction of sp³-hybridized carbons (Fsp3) is 0.882. The van der Waals surface area contributed by atoms with Crippen molar-refractivity contribution < 1.29 is 14.3 Å². The maximum atomic E-state index is 12.6. The van der Waals surface area contributed by atoms with Gasteiger partial charge in [-0.15, -0.1) is 0 Å². The van der Waals surface area contributed by atoms with Gasteiger partial charge in [0, 0.05) is 39.1 Å². The molecule has 6 nitrogen and oxygen atoms in total. The monoisotopic (exact) mass is 321 g/mol. The van der Waals surface area contributed by atoms with Crippen molar-refractivity contribution in [1.82, 2.24) is 15.1 Å². The molecule has 1 unspecified atom stereocenters. The number of ether oxygens (including phenoxy) is 1. The molecule has 0 aromatic rings. The minimum atomic E-state index is -0.0000404. The molecule has 23 heavy (non-hydrogen) atoms. The predicted octanol–water partition coefficient (Wildman–Crippen LogP) is 0.921. The summed E-state index contributed by atoms with van der Waals surface area (Å²) in [5.74, 6) is 1.64. The summed E-state index contributed by atoms with van der Waals surface area (Å²) in [6, 6.07) is 0.312. The molecular formula is C17H27N3O3. The highest BCUT2D eigenvalue weighted by atomic mass is 16.5. The van der Waals surface area contributed by atoms with Crippen molar-refractivity contribution in [2.24, 2.45) is 23.2 Å². The van der Waals surface area contributed by atoms with Crippen LogP contribution < -0.4 is 5.32 Å². The Morgan fingerprint density at radius 3 is 2.30 bits per heavy atom. The average molecular weight is 321 g/mol. The normalized spacial score (nSPS) is 34.7. The molecule has 4 fully saturated rings. The van der Waals surface area contributed by atoms with Crippen LogP contribution in [0.4, 0.5) is 4.79 Å². The van der Waals surface area contributed by atoms with Gasteiger partial charge in [0.15, 0.2) is 0 Å². The summed E-state index contributed by atoms with van der Waals surface area (Å²) in [7, 11) is 3.54. The standard InChI is InChI=1S/C17H27N3O3/c1-19(2)16(22)18-11-7-17(8-11)3-5-20(6-4-17)15(21)14-12-9-23-10-13(12)14/h11-14H,3-10H2,1-2H3,(H,18,22)/t12-,13+,14?. The van der Waals surface area contributed by atoms with E-state index in [-0.39, 0.29) is 11.9 Å². The van der Waals surface area contributed by atoms with Crippen LogP contribution in [0.2, 0.25) is 0 Å². The lowest BCUT2D eigenvalue weighted by Crippen LogP contribution is -2.56. The van der Waals surface area contributed by atoms with Gasteiger partial charge in [-0.25, -0.2) is 4.79 Å². The molecule has 2 heterocycles. The molecule has 0 bridgehead atoms. The largest absolute Gasteiger partial charge is 0.381 e. The Balaban J connectivity index is 1.23. The molecule has 0 radical (unpaired) electrons. The molecular weight excluding hydrogens is 294 g/mol. The van der Waals surface area contributed by atoms with E-state index in [2.05, 4.69) is 10.2 Å². The lowest BCUT2D eigenvalue weighted by atomic mass is 9.60. The number of amides is 3. The van der Waals surface area contributed by atoms with Crippen LogP contribution in [0, 0.1) is 23.2 Å². The minimum absolute atomic E-state index is 0.0000404. The average Bonchev–Trinajstić information content (AvgIpc) is 2.97. The first kappa shape index (κ1) is 15.2. The lowest BCUT2D eigenvalue weighted by molar-refractivity contribution is -0.137. The third-order valence-electron chi connectivity index (χ3n) is 6.47. The van der Waals surface area contributed by atoms with Crippen LogP contribution in [0.3, 0.4) is 0 Å². The van der Waals surface area contributed by atoms with Crippen LogP contribution in [-0.2, 0) is 9.53 Å². The Morgan fingerprint density at radius 2 is 1.74 bits per heavy atom. The molecule has 2 saturated carbocycles. The Labute approximate surface area is 137 Å². The first-order chi connectivity index (χ1) is 11.0. The molecule has 2 saturated heterocycles. The van der Waals surface area contributed by atoms with E-state index in [4.69, 9.17) is 4.74 Å². The van der Waals surface area contributed by atoms with Crippen molar-refractivity contribution in [3.8, 4) is 0 Å². The number of likely N-dealkylation sites (tertiary alicyclic amines) is 1. The Hall–Kier alpha value is -1.30. The second kappa shape index (κ2) is 5.36. The molecule has 4 rings (SSSR count). The summed E-state index contributed by atoms with van der Waals surface area (Å²) in [5.41, 5.74) is 0.365. The summed E-state index contributed by atoms with van der Waals surface area (Å²) in [6.07, 6.45) is 4.31. The summed E-state index contributed by atoms with van der Waals surface area (Å²) < 4.78 is 5.39. The molecule has 1 spiro atoms. The summed E-state index contributed by atoms with van der Waals surface area (Å²) >= 11 is 0. The van der Waals surface area contributed by atoms with Gasteiger partial charge in [-0.2, -0.15) is 0 Å². The quantitative estimate of drug-likeness (QED) is 0.823. The van der Waals surface area contributed by atoms with Gasteiger partial charge >= 0.3 is 6.03 Å². The first-order valence-corrected chi connectivity index (χ1v) is 8.83. The Kier molecular flexibility index (Phi) is 3.55. The van der Waals surface area contributed by atoms with Crippen molar-refractivity contribution in [2.45, 2.75) is 31.7 Å². The zero-order chi connectivity index (χ0) is 16.2. The van der Waals surface area contributed by atoms with E-state index >= 15 is 0 Å². The summed E-state index contributed by atoms with van der Waals surface area (Å²) in [6.45, 7) is 3.35. The number of carbonyl (C=O) groups is 2. The second-order valence-corrected chi connectivity index (χ2v) is 8.17. The third-order valence-corrected chi connectivity index (χ3v) is 6.47. The number of piperidine rings is 1. The van der Waals surface area contributed by atoms with E-state index in [1.165, 1.54) is 0 Å². The molecule has 2 aliphatic heterocycles. The molecule has 3 atom stereocenters. The van der Waals surface area contributed by atoms with Crippen molar-refractivity contribution in [3.63, 3.8) is 0 Å². The fourth-order valence-electron chi connectivity index (χ4n) is 4.82. The summed E-state index contributed by atoms with van der Waals surface area (Å²) in [4.78, 5) is 27.9. The second-order valence-electron chi connectivity index (χ2n) is 8.17. The van der Waals surface area contributed by atoms with Crippen LogP contribution >= 0.6 is 0 Å². The minimum Gasteiger partial charge on any atom is -0.381 e. The SMILES string of the molecule is CN(C)C(=O)NC1CC2(CCN(C(=O)C3[C@H]4COC[C@@H]34)CC2)C1. The number of rotatable bonds is 2. The molecule has 0 aromatic heterocycles. The van der Waals surface area contributed by atoms with Crippen LogP contribution in [0.15, 0.2) is 0 Å². The Morgan fingerprint density at radius 1 is 1.13 bits per heavy atom. The van der Waals surface area contributed by atoms with Crippen LogP contribution in [0.25, 0.3) is 0 Å². The molecule has 0 aromatic carbocycles. The molecule has 6 heteroatoms. The number of fused-ring (bicyclic) bond motifs is 1. The van der Waals surface area contributed by atoms with Crippen molar-refractivity contribution >= 4 is 11.9 Å². The number of carbonyl (C=O) groups excluding carboxylic acids is 2. The van der Waals surface area contributed by atoms with Gasteiger partial charge in [-0.05, 0) is 42.9 Å². The Bertz CT molecular complexity index is 495. The highest BCUT2D eigenvalue weighted by Crippen LogP contribution is 2.53. The molecule has 2 aliphatic carbocycles. The number of nitrogens with zero attached hydrogens (tertiary/aromatic N) is 2. The predicted molar refractivity (Wildman–Crippen MR) is 84.8 cm³/mol.